The first-order valence-corrected chi connectivity index (χ1v) is 9.14. The van der Waals surface area contributed by atoms with Crippen molar-refractivity contribution in [3.63, 3.8) is 0 Å². The third kappa shape index (κ3) is 3.45. The minimum absolute atomic E-state index is 0.0294. The highest BCUT2D eigenvalue weighted by molar-refractivity contribution is 5.88. The lowest BCUT2D eigenvalue weighted by molar-refractivity contribution is -0.120. The molecular weight excluding hydrogens is 326 g/mol. The molecule has 4 rings (SSSR count). The van der Waals surface area contributed by atoms with Crippen LogP contribution in [0.4, 0.5) is 0 Å². The van der Waals surface area contributed by atoms with Crippen molar-refractivity contribution in [2.75, 3.05) is 13.7 Å². The summed E-state index contributed by atoms with van der Waals surface area (Å²) in [6.45, 7) is 0.621. The zero-order valence-electron chi connectivity index (χ0n) is 15.0. The van der Waals surface area contributed by atoms with Gasteiger partial charge in [-0.1, -0.05) is 12.1 Å². The Morgan fingerprint density at radius 1 is 1.15 bits per heavy atom. The number of benzene rings is 2. The van der Waals surface area contributed by atoms with Gasteiger partial charge in [0.2, 0.25) is 5.91 Å². The quantitative estimate of drug-likeness (QED) is 0.736. The van der Waals surface area contributed by atoms with Crippen molar-refractivity contribution in [2.24, 2.45) is 0 Å². The maximum atomic E-state index is 12.3. The van der Waals surface area contributed by atoms with Crippen LogP contribution in [0.2, 0.25) is 0 Å². The van der Waals surface area contributed by atoms with Crippen molar-refractivity contribution in [1.82, 2.24) is 5.32 Å². The van der Waals surface area contributed by atoms with E-state index in [1.807, 2.05) is 24.3 Å². The van der Waals surface area contributed by atoms with Crippen molar-refractivity contribution in [3.8, 4) is 5.75 Å². The van der Waals surface area contributed by atoms with E-state index >= 15 is 0 Å². The van der Waals surface area contributed by atoms with E-state index in [0.29, 0.717) is 13.0 Å². The van der Waals surface area contributed by atoms with Crippen LogP contribution in [0.25, 0.3) is 11.0 Å². The lowest BCUT2D eigenvalue weighted by atomic mass is 10.0. The average Bonchev–Trinajstić information content (AvgIpc) is 3.27. The smallest absolute Gasteiger partial charge is 0.224 e. The summed E-state index contributed by atoms with van der Waals surface area (Å²) in [5.41, 5.74) is 5.83. The van der Waals surface area contributed by atoms with E-state index in [4.69, 9.17) is 9.15 Å². The molecule has 1 heterocycles. The Hall–Kier alpha value is -2.75. The van der Waals surface area contributed by atoms with Gasteiger partial charge in [-0.05, 0) is 66.6 Å². The predicted molar refractivity (Wildman–Crippen MR) is 102 cm³/mol. The fourth-order valence-electron chi connectivity index (χ4n) is 3.66. The summed E-state index contributed by atoms with van der Waals surface area (Å²) in [7, 11) is 1.66. The highest BCUT2D eigenvalue weighted by Crippen LogP contribution is 2.30. The Morgan fingerprint density at radius 3 is 2.69 bits per heavy atom. The molecule has 0 saturated heterocycles. The molecule has 0 radical (unpaired) electrons. The maximum Gasteiger partial charge on any atom is 0.224 e. The van der Waals surface area contributed by atoms with E-state index in [2.05, 4.69) is 17.4 Å². The van der Waals surface area contributed by atoms with Gasteiger partial charge in [-0.3, -0.25) is 4.79 Å². The summed E-state index contributed by atoms with van der Waals surface area (Å²) in [4.78, 5) is 12.3. The molecule has 1 aliphatic carbocycles. The molecule has 0 atom stereocenters. The third-order valence-corrected chi connectivity index (χ3v) is 5.11. The van der Waals surface area contributed by atoms with Gasteiger partial charge in [0.25, 0.3) is 0 Å². The number of aryl methyl sites for hydroxylation is 2. The average molecular weight is 349 g/mol. The molecule has 26 heavy (non-hydrogen) atoms. The number of furan rings is 1. The van der Waals surface area contributed by atoms with E-state index in [1.54, 1.807) is 13.4 Å². The first-order valence-electron chi connectivity index (χ1n) is 9.14. The summed E-state index contributed by atoms with van der Waals surface area (Å²) >= 11 is 0. The molecule has 4 heteroatoms. The summed E-state index contributed by atoms with van der Waals surface area (Å²) in [6.07, 6.45) is 6.35. The van der Waals surface area contributed by atoms with Crippen molar-refractivity contribution >= 4 is 16.9 Å². The van der Waals surface area contributed by atoms with E-state index < -0.39 is 0 Å². The second-order valence-corrected chi connectivity index (χ2v) is 6.86. The SMILES string of the molecule is COc1ccc(CCNC(=O)Cc2coc3cc4c(cc23)CCC4)cc1. The number of rotatable bonds is 6. The number of hydrogen-bond donors (Lipinski definition) is 1. The molecular formula is C22H23NO3. The Bertz CT molecular complexity index is 924. The predicted octanol–water partition coefficient (Wildman–Crippen LogP) is 3.83. The Kier molecular flexibility index (Phi) is 4.65. The topological polar surface area (TPSA) is 51.5 Å². The molecule has 0 aliphatic heterocycles. The number of carbonyl (C=O) groups excluding carboxylic acids is 1. The molecule has 0 saturated carbocycles. The number of carbonyl (C=O) groups is 1. The Balaban J connectivity index is 1.35. The second kappa shape index (κ2) is 7.24. The first-order chi connectivity index (χ1) is 12.7. The highest BCUT2D eigenvalue weighted by Gasteiger charge is 2.16. The monoisotopic (exact) mass is 349 g/mol. The van der Waals surface area contributed by atoms with Gasteiger partial charge in [0.15, 0.2) is 0 Å². The fraction of sp³-hybridized carbons (Fsp3) is 0.318. The molecule has 0 bridgehead atoms. The van der Waals surface area contributed by atoms with Crippen molar-refractivity contribution in [1.29, 1.82) is 0 Å². The molecule has 3 aromatic rings. The van der Waals surface area contributed by atoms with E-state index in [-0.39, 0.29) is 5.91 Å². The molecule has 134 valence electrons. The number of methoxy groups -OCH3 is 1. The summed E-state index contributed by atoms with van der Waals surface area (Å²) in [6, 6.07) is 12.3. The van der Waals surface area contributed by atoms with Gasteiger partial charge in [0, 0.05) is 17.5 Å². The fourth-order valence-corrected chi connectivity index (χ4v) is 3.66. The lowest BCUT2D eigenvalue weighted by Crippen LogP contribution is -2.27. The molecule has 0 unspecified atom stereocenters. The van der Waals surface area contributed by atoms with Crippen molar-refractivity contribution < 1.29 is 13.9 Å². The second-order valence-electron chi connectivity index (χ2n) is 6.86. The zero-order valence-corrected chi connectivity index (χ0v) is 15.0. The largest absolute Gasteiger partial charge is 0.497 e. The van der Waals surface area contributed by atoms with Crippen LogP contribution in [0.5, 0.6) is 5.75 Å². The maximum absolute atomic E-state index is 12.3. The molecule has 1 aliphatic rings. The van der Waals surface area contributed by atoms with Crippen LogP contribution < -0.4 is 10.1 Å². The van der Waals surface area contributed by atoms with Crippen LogP contribution in [-0.2, 0) is 30.5 Å². The van der Waals surface area contributed by atoms with Crippen LogP contribution in [0.1, 0.15) is 28.7 Å². The Labute approximate surface area is 153 Å². The van der Waals surface area contributed by atoms with Crippen molar-refractivity contribution in [2.45, 2.75) is 32.1 Å². The number of hydrogen-bond acceptors (Lipinski definition) is 3. The minimum atomic E-state index is 0.0294. The van der Waals surface area contributed by atoms with Gasteiger partial charge >= 0.3 is 0 Å². The van der Waals surface area contributed by atoms with Gasteiger partial charge < -0.3 is 14.5 Å². The van der Waals surface area contributed by atoms with Crippen LogP contribution >= 0.6 is 0 Å². The number of ether oxygens (including phenoxy) is 1. The van der Waals surface area contributed by atoms with Gasteiger partial charge in [-0.15, -0.1) is 0 Å². The van der Waals surface area contributed by atoms with Gasteiger partial charge in [0.1, 0.15) is 11.3 Å². The van der Waals surface area contributed by atoms with E-state index in [1.165, 1.54) is 23.1 Å². The van der Waals surface area contributed by atoms with Crippen LogP contribution in [0.3, 0.4) is 0 Å². The molecule has 0 fully saturated rings. The van der Waals surface area contributed by atoms with Gasteiger partial charge in [0.05, 0.1) is 19.8 Å². The van der Waals surface area contributed by atoms with E-state index in [0.717, 1.165) is 41.5 Å². The van der Waals surface area contributed by atoms with Crippen LogP contribution in [0, 0.1) is 0 Å². The summed E-state index contributed by atoms with van der Waals surface area (Å²) < 4.78 is 10.8. The minimum Gasteiger partial charge on any atom is -0.497 e. The summed E-state index contributed by atoms with van der Waals surface area (Å²) in [5, 5.41) is 4.08. The third-order valence-electron chi connectivity index (χ3n) is 5.11. The number of amides is 1. The molecule has 4 nitrogen and oxygen atoms in total. The highest BCUT2D eigenvalue weighted by atomic mass is 16.5. The summed E-state index contributed by atoms with van der Waals surface area (Å²) in [5.74, 6) is 0.873. The Morgan fingerprint density at radius 2 is 1.92 bits per heavy atom. The van der Waals surface area contributed by atoms with E-state index in [9.17, 15) is 4.79 Å². The molecule has 2 aromatic carbocycles. The van der Waals surface area contributed by atoms with Crippen LogP contribution in [-0.4, -0.2) is 19.6 Å². The van der Waals surface area contributed by atoms with Gasteiger partial charge in [-0.2, -0.15) is 0 Å². The first kappa shape index (κ1) is 16.7. The molecule has 1 aromatic heterocycles. The molecule has 1 amide bonds. The van der Waals surface area contributed by atoms with Crippen LogP contribution in [0.15, 0.2) is 47.1 Å². The zero-order chi connectivity index (χ0) is 17.9. The number of nitrogens with one attached hydrogen (secondary N) is 1. The number of fused-ring (bicyclic) bond motifs is 2. The lowest BCUT2D eigenvalue weighted by Gasteiger charge is -2.06. The van der Waals surface area contributed by atoms with Gasteiger partial charge in [-0.25, -0.2) is 0 Å². The standard InChI is InChI=1S/C22H23NO3/c1-25-19-7-5-15(6-8-19)9-10-23-22(24)13-18-14-26-21-12-17-4-2-3-16(17)11-20(18)21/h5-8,11-12,14H,2-4,9-10,13H2,1H3,(H,23,24). The normalized spacial score (nSPS) is 13.0. The van der Waals surface area contributed by atoms with Crippen molar-refractivity contribution in [3.05, 3.63) is 64.9 Å². The molecule has 0 spiro atoms. The molecule has 1 N–H and O–H groups in total.